The van der Waals surface area contributed by atoms with Gasteiger partial charge in [-0.1, -0.05) is 0 Å². The van der Waals surface area contributed by atoms with Crippen LogP contribution in [0.2, 0.25) is 0 Å². The van der Waals surface area contributed by atoms with E-state index in [-0.39, 0.29) is 24.3 Å². The lowest BCUT2D eigenvalue weighted by atomic mass is 9.97. The number of nitrogens with one attached hydrogen (secondary N) is 1. The Kier molecular flexibility index (Phi) is 11.9. The van der Waals surface area contributed by atoms with Crippen molar-refractivity contribution in [3.63, 3.8) is 0 Å². The number of furan rings is 1. The highest BCUT2D eigenvalue weighted by atomic mass is 32.2. The van der Waals surface area contributed by atoms with Crippen molar-refractivity contribution in [3.8, 4) is 0 Å². The van der Waals surface area contributed by atoms with Crippen LogP contribution in [0.4, 0.5) is 0 Å². The fraction of sp³-hybridized carbons (Fsp3) is 0.609. The Morgan fingerprint density at radius 3 is 2.79 bits per heavy atom. The molecule has 1 N–H and O–H groups in total. The van der Waals surface area contributed by atoms with Gasteiger partial charge in [-0.3, -0.25) is 9.59 Å². The van der Waals surface area contributed by atoms with E-state index in [0.29, 0.717) is 51.8 Å². The molecule has 11 heteroatoms. The normalized spacial score (nSPS) is 14.4. The Morgan fingerprint density at radius 1 is 1.24 bits per heavy atom. The van der Waals surface area contributed by atoms with Gasteiger partial charge < -0.3 is 28.8 Å². The molecule has 0 aliphatic carbocycles. The van der Waals surface area contributed by atoms with Crippen molar-refractivity contribution in [1.29, 1.82) is 0 Å². The van der Waals surface area contributed by atoms with Crippen LogP contribution in [0.1, 0.15) is 40.0 Å². The first kappa shape index (κ1) is 26.7. The summed E-state index contributed by atoms with van der Waals surface area (Å²) in [6.45, 7) is 3.90. The Balaban J connectivity index is 1.29. The number of methoxy groups -OCH3 is 1. The molecule has 9 nitrogen and oxygen atoms in total. The van der Waals surface area contributed by atoms with Crippen LogP contribution in [-0.4, -0.2) is 87.2 Å². The lowest BCUT2D eigenvalue weighted by molar-refractivity contribution is -0.137. The summed E-state index contributed by atoms with van der Waals surface area (Å²) in [5, 5.41) is 5.71. The highest BCUT2D eigenvalue weighted by molar-refractivity contribution is 7.98. The highest BCUT2D eigenvalue weighted by Gasteiger charge is 2.26. The van der Waals surface area contributed by atoms with E-state index in [4.69, 9.17) is 18.6 Å². The molecule has 1 saturated heterocycles. The number of carbonyl (C=O) groups is 2. The summed E-state index contributed by atoms with van der Waals surface area (Å²) in [7, 11) is 1.62. The number of nitrogens with zero attached hydrogens (tertiary/aromatic N) is 2. The van der Waals surface area contributed by atoms with Crippen LogP contribution >= 0.6 is 23.1 Å². The van der Waals surface area contributed by atoms with Crippen molar-refractivity contribution in [1.82, 2.24) is 15.2 Å². The fourth-order valence-corrected chi connectivity index (χ4v) is 5.19. The van der Waals surface area contributed by atoms with Gasteiger partial charge in [0.15, 0.2) is 0 Å². The number of rotatable bonds is 15. The molecule has 2 aromatic rings. The van der Waals surface area contributed by atoms with Crippen molar-refractivity contribution in [2.24, 2.45) is 0 Å². The number of amides is 2. The molecule has 0 unspecified atom stereocenters. The first-order valence-corrected chi connectivity index (χ1v) is 13.5. The molecule has 188 valence electrons. The van der Waals surface area contributed by atoms with Crippen molar-refractivity contribution < 1.29 is 28.2 Å². The van der Waals surface area contributed by atoms with E-state index in [1.807, 2.05) is 22.4 Å². The van der Waals surface area contributed by atoms with Gasteiger partial charge >= 0.3 is 0 Å². The second-order valence-electron chi connectivity index (χ2n) is 7.77. The maximum Gasteiger partial charge on any atom is 0.270 e. The predicted octanol–water partition coefficient (Wildman–Crippen LogP) is 2.78. The van der Waals surface area contributed by atoms with Crippen LogP contribution in [-0.2, 0) is 24.8 Å². The third kappa shape index (κ3) is 9.03. The van der Waals surface area contributed by atoms with Crippen molar-refractivity contribution in [2.75, 3.05) is 65.5 Å². The molecule has 1 aliphatic heterocycles. The molecule has 34 heavy (non-hydrogen) atoms. The number of thiazole rings is 1. The first-order chi connectivity index (χ1) is 16.7. The summed E-state index contributed by atoms with van der Waals surface area (Å²) in [4.78, 5) is 31.2. The van der Waals surface area contributed by atoms with Gasteiger partial charge in [0.25, 0.3) is 5.91 Å². The predicted molar refractivity (Wildman–Crippen MR) is 131 cm³/mol. The number of ether oxygens (including phenoxy) is 3. The van der Waals surface area contributed by atoms with Gasteiger partial charge in [-0.15, -0.1) is 11.3 Å². The molecule has 1 aliphatic rings. The molecule has 1 fully saturated rings. The van der Waals surface area contributed by atoms with Crippen LogP contribution in [0, 0.1) is 0 Å². The quantitative estimate of drug-likeness (QED) is 0.364. The average Bonchev–Trinajstić information content (AvgIpc) is 3.56. The summed E-state index contributed by atoms with van der Waals surface area (Å²) in [5.41, 5.74) is 0.468. The van der Waals surface area contributed by atoms with Crippen molar-refractivity contribution >= 4 is 34.9 Å². The summed E-state index contributed by atoms with van der Waals surface area (Å²) >= 11 is 3.23. The summed E-state index contributed by atoms with van der Waals surface area (Å²) in [5.74, 6) is 2.66. The Hall–Kier alpha value is -1.92. The van der Waals surface area contributed by atoms with Gasteiger partial charge in [-0.25, -0.2) is 4.98 Å². The van der Waals surface area contributed by atoms with Gasteiger partial charge in [-0.2, -0.15) is 11.8 Å². The molecular weight excluding hydrogens is 478 g/mol. The SMILES string of the molecule is COCCOCCOCC(=O)N1CCC(c2nc(C(=O)NCCSCc3ccco3)cs2)CC1. The van der Waals surface area contributed by atoms with E-state index < -0.39 is 0 Å². The topological polar surface area (TPSA) is 103 Å². The van der Waals surface area contributed by atoms with Gasteiger partial charge in [0, 0.05) is 43.8 Å². The number of piperidine rings is 1. The van der Waals surface area contributed by atoms with Crippen LogP contribution in [0.25, 0.3) is 0 Å². The molecule has 3 rings (SSSR count). The summed E-state index contributed by atoms with van der Waals surface area (Å²) < 4.78 is 20.9. The molecule has 0 bridgehead atoms. The number of aromatic nitrogens is 1. The number of thioether (sulfide) groups is 1. The van der Waals surface area contributed by atoms with E-state index in [2.05, 4.69) is 10.3 Å². The van der Waals surface area contributed by atoms with Crippen LogP contribution < -0.4 is 5.32 Å². The van der Waals surface area contributed by atoms with Crippen molar-refractivity contribution in [3.05, 3.63) is 40.2 Å². The van der Waals surface area contributed by atoms with Gasteiger partial charge in [0.05, 0.1) is 43.5 Å². The van der Waals surface area contributed by atoms with Crippen LogP contribution in [0.5, 0.6) is 0 Å². The molecule has 0 spiro atoms. The second-order valence-corrected chi connectivity index (χ2v) is 9.77. The second kappa shape index (κ2) is 15.2. The van der Waals surface area contributed by atoms with Gasteiger partial charge in [0.2, 0.25) is 5.91 Å². The minimum absolute atomic E-state index is 0.000496. The molecule has 0 atom stereocenters. The molecule has 2 amide bonds. The fourth-order valence-electron chi connectivity index (χ4n) is 3.46. The highest BCUT2D eigenvalue weighted by Crippen LogP contribution is 2.30. The first-order valence-electron chi connectivity index (χ1n) is 11.4. The molecule has 0 radical (unpaired) electrons. The molecule has 0 saturated carbocycles. The monoisotopic (exact) mass is 511 g/mol. The van der Waals surface area contributed by atoms with E-state index in [9.17, 15) is 9.59 Å². The van der Waals surface area contributed by atoms with E-state index in [1.165, 1.54) is 11.3 Å². The maximum atomic E-state index is 12.4. The third-order valence-corrected chi connectivity index (χ3v) is 7.33. The molecule has 2 aromatic heterocycles. The minimum atomic E-state index is -0.142. The number of hydrogen-bond donors (Lipinski definition) is 1. The smallest absolute Gasteiger partial charge is 0.270 e. The largest absolute Gasteiger partial charge is 0.468 e. The van der Waals surface area contributed by atoms with Crippen LogP contribution in [0.3, 0.4) is 0 Å². The van der Waals surface area contributed by atoms with E-state index >= 15 is 0 Å². The zero-order valence-corrected chi connectivity index (χ0v) is 21.2. The average molecular weight is 512 g/mol. The standard InChI is InChI=1S/C23H33N3O6S2/c1-29-10-11-30-12-13-31-15-21(27)26-7-4-18(5-8-26)23-25-20(17-34-23)22(28)24-6-14-33-16-19-3-2-9-32-19/h2-3,9,17-18H,4-8,10-16H2,1H3,(H,24,28). The Bertz CT molecular complexity index is 853. The number of hydrogen-bond acceptors (Lipinski definition) is 9. The molecule has 0 aromatic carbocycles. The molecule has 3 heterocycles. The van der Waals surface area contributed by atoms with E-state index in [1.54, 1.807) is 25.1 Å². The number of carbonyl (C=O) groups excluding carboxylic acids is 2. The Labute approximate surface area is 208 Å². The number of likely N-dealkylation sites (tertiary alicyclic amines) is 1. The third-order valence-electron chi connectivity index (χ3n) is 5.34. The zero-order chi connectivity index (χ0) is 24.0. The van der Waals surface area contributed by atoms with Crippen molar-refractivity contribution in [2.45, 2.75) is 24.5 Å². The zero-order valence-electron chi connectivity index (χ0n) is 19.5. The maximum absolute atomic E-state index is 12.4. The van der Waals surface area contributed by atoms with Crippen LogP contribution in [0.15, 0.2) is 28.2 Å². The lowest BCUT2D eigenvalue weighted by Gasteiger charge is -2.31. The lowest BCUT2D eigenvalue weighted by Crippen LogP contribution is -2.40. The molecular formula is C23H33N3O6S2. The van der Waals surface area contributed by atoms with Gasteiger partial charge in [-0.05, 0) is 25.0 Å². The summed E-state index contributed by atoms with van der Waals surface area (Å²) in [6.07, 6.45) is 3.34. The summed E-state index contributed by atoms with van der Waals surface area (Å²) in [6, 6.07) is 3.82. The Morgan fingerprint density at radius 2 is 2.03 bits per heavy atom. The van der Waals surface area contributed by atoms with E-state index in [0.717, 1.165) is 35.1 Å². The minimum Gasteiger partial charge on any atom is -0.468 e. The van der Waals surface area contributed by atoms with Gasteiger partial charge in [0.1, 0.15) is 18.1 Å².